The van der Waals surface area contributed by atoms with Gasteiger partial charge in [-0.3, -0.25) is 14.9 Å². The third-order valence-corrected chi connectivity index (χ3v) is 4.46. The van der Waals surface area contributed by atoms with Gasteiger partial charge in [0.2, 0.25) is 11.8 Å². The first-order chi connectivity index (χ1) is 9.18. The lowest BCUT2D eigenvalue weighted by molar-refractivity contribution is -0.129. The molecule has 3 heterocycles. The van der Waals surface area contributed by atoms with Gasteiger partial charge in [-0.1, -0.05) is 18.2 Å². The number of carbonyl (C=O) groups is 2. The van der Waals surface area contributed by atoms with Crippen LogP contribution in [0.1, 0.15) is 18.5 Å². The Bertz CT molecular complexity index is 716. The summed E-state index contributed by atoms with van der Waals surface area (Å²) in [4.78, 5) is 23.5. The Morgan fingerprint density at radius 3 is 2.79 bits per heavy atom. The van der Waals surface area contributed by atoms with Gasteiger partial charge in [-0.25, -0.2) is 0 Å². The summed E-state index contributed by atoms with van der Waals surface area (Å²) in [7, 11) is 0. The maximum Gasteiger partial charge on any atom is 0.233 e. The van der Waals surface area contributed by atoms with Gasteiger partial charge in [0.15, 0.2) is 0 Å². The van der Waals surface area contributed by atoms with Gasteiger partial charge in [0.05, 0.1) is 5.41 Å². The number of aryl methyl sites for hydroxylation is 1. The molecule has 0 radical (unpaired) electrons. The van der Waals surface area contributed by atoms with Gasteiger partial charge >= 0.3 is 0 Å². The molecular weight excluding hydrogens is 240 g/mol. The van der Waals surface area contributed by atoms with Crippen LogP contribution in [0.4, 0.5) is 0 Å². The van der Waals surface area contributed by atoms with E-state index in [-0.39, 0.29) is 11.8 Å². The smallest absolute Gasteiger partial charge is 0.233 e. The summed E-state index contributed by atoms with van der Waals surface area (Å²) in [6, 6.07) is 10.4. The molecule has 1 atom stereocenters. The Kier molecular flexibility index (Phi) is 1.97. The Labute approximate surface area is 110 Å². The number of carbonyl (C=O) groups excluding carboxylic acids is 2. The maximum atomic E-state index is 12.0. The van der Waals surface area contributed by atoms with Crippen LogP contribution in [0.5, 0.6) is 0 Å². The molecule has 2 amide bonds. The molecule has 2 aliphatic heterocycles. The number of para-hydroxylation sites is 1. The van der Waals surface area contributed by atoms with E-state index in [0.29, 0.717) is 12.8 Å². The number of imide groups is 1. The molecule has 4 heteroatoms. The van der Waals surface area contributed by atoms with Crippen molar-refractivity contribution in [2.24, 2.45) is 5.41 Å². The summed E-state index contributed by atoms with van der Waals surface area (Å²) in [5.41, 5.74) is 1.89. The largest absolute Gasteiger partial charge is 0.345 e. The van der Waals surface area contributed by atoms with E-state index in [2.05, 4.69) is 28.1 Å². The summed E-state index contributed by atoms with van der Waals surface area (Å²) < 4.78 is 2.27. The number of amides is 2. The van der Waals surface area contributed by atoms with Crippen LogP contribution in [0.15, 0.2) is 30.3 Å². The average molecular weight is 254 g/mol. The molecule has 1 fully saturated rings. The molecule has 0 aliphatic carbocycles. The molecule has 0 saturated carbocycles. The fourth-order valence-corrected chi connectivity index (χ4v) is 3.47. The van der Waals surface area contributed by atoms with Gasteiger partial charge in [0, 0.05) is 30.6 Å². The highest BCUT2D eigenvalue weighted by Gasteiger charge is 2.48. The molecule has 1 N–H and O–H groups in total. The van der Waals surface area contributed by atoms with Crippen LogP contribution in [0.2, 0.25) is 0 Å². The fraction of sp³-hybridized carbons (Fsp3) is 0.333. The zero-order valence-electron chi connectivity index (χ0n) is 10.5. The number of aromatic nitrogens is 1. The number of nitrogens with zero attached hydrogens (tertiary/aromatic N) is 1. The normalized spacial score (nSPS) is 25.9. The van der Waals surface area contributed by atoms with Gasteiger partial charge < -0.3 is 4.57 Å². The topological polar surface area (TPSA) is 51.1 Å². The lowest BCUT2D eigenvalue weighted by Gasteiger charge is -2.31. The summed E-state index contributed by atoms with van der Waals surface area (Å²) in [5, 5.41) is 3.66. The van der Waals surface area contributed by atoms with Crippen molar-refractivity contribution < 1.29 is 9.59 Å². The van der Waals surface area contributed by atoms with Crippen molar-refractivity contribution >= 4 is 22.7 Å². The Hall–Kier alpha value is -2.10. The molecule has 4 rings (SSSR count). The predicted octanol–water partition coefficient (Wildman–Crippen LogP) is 1.62. The van der Waals surface area contributed by atoms with Gasteiger partial charge in [-0.15, -0.1) is 0 Å². The molecule has 1 saturated heterocycles. The van der Waals surface area contributed by atoms with Crippen LogP contribution in [-0.2, 0) is 22.6 Å². The summed E-state index contributed by atoms with van der Waals surface area (Å²) in [6.07, 6.45) is 1.75. The Morgan fingerprint density at radius 1 is 1.16 bits per heavy atom. The summed E-state index contributed by atoms with van der Waals surface area (Å²) in [6.45, 7) is 0.809. The lowest BCUT2D eigenvalue weighted by Crippen LogP contribution is -2.38. The third kappa shape index (κ3) is 1.40. The molecule has 19 heavy (non-hydrogen) atoms. The van der Waals surface area contributed by atoms with E-state index >= 15 is 0 Å². The maximum absolute atomic E-state index is 12.0. The van der Waals surface area contributed by atoms with Crippen molar-refractivity contribution in [2.45, 2.75) is 25.8 Å². The summed E-state index contributed by atoms with van der Waals surface area (Å²) >= 11 is 0. The van der Waals surface area contributed by atoms with Crippen molar-refractivity contribution in [3.8, 4) is 0 Å². The molecule has 1 spiro atoms. The minimum atomic E-state index is -0.499. The fourth-order valence-electron chi connectivity index (χ4n) is 3.47. The Morgan fingerprint density at radius 2 is 2.00 bits per heavy atom. The van der Waals surface area contributed by atoms with Crippen LogP contribution in [-0.4, -0.2) is 16.4 Å². The minimum absolute atomic E-state index is 0.0889. The number of benzene rings is 1. The molecule has 96 valence electrons. The number of fused-ring (bicyclic) bond motifs is 3. The average Bonchev–Trinajstić information content (AvgIpc) is 2.87. The van der Waals surface area contributed by atoms with Crippen LogP contribution in [0, 0.1) is 5.41 Å². The second-order valence-electron chi connectivity index (χ2n) is 5.61. The monoisotopic (exact) mass is 254 g/mol. The van der Waals surface area contributed by atoms with Gasteiger partial charge in [-0.05, 0) is 23.9 Å². The van der Waals surface area contributed by atoms with E-state index in [9.17, 15) is 9.59 Å². The highest BCUT2D eigenvalue weighted by Crippen LogP contribution is 2.41. The van der Waals surface area contributed by atoms with Crippen molar-refractivity contribution in [1.82, 2.24) is 9.88 Å². The number of hydrogen-bond donors (Lipinski definition) is 1. The molecule has 2 aromatic rings. The van der Waals surface area contributed by atoms with Crippen LogP contribution < -0.4 is 5.32 Å². The van der Waals surface area contributed by atoms with Gasteiger partial charge in [0.25, 0.3) is 0 Å². The van der Waals surface area contributed by atoms with Crippen molar-refractivity contribution in [1.29, 1.82) is 0 Å². The van der Waals surface area contributed by atoms with E-state index in [0.717, 1.165) is 18.7 Å². The molecule has 1 aromatic heterocycles. The third-order valence-electron chi connectivity index (χ3n) is 4.46. The molecule has 1 aromatic carbocycles. The van der Waals surface area contributed by atoms with E-state index < -0.39 is 5.41 Å². The van der Waals surface area contributed by atoms with Crippen molar-refractivity contribution in [2.75, 3.05) is 0 Å². The van der Waals surface area contributed by atoms with Crippen LogP contribution in [0.25, 0.3) is 10.9 Å². The molecule has 0 bridgehead atoms. The molecule has 4 nitrogen and oxygen atoms in total. The first-order valence-corrected chi connectivity index (χ1v) is 6.59. The highest BCUT2D eigenvalue weighted by molar-refractivity contribution is 6.06. The predicted molar refractivity (Wildman–Crippen MR) is 70.5 cm³/mol. The van der Waals surface area contributed by atoms with Gasteiger partial charge in [0.1, 0.15) is 0 Å². The van der Waals surface area contributed by atoms with Gasteiger partial charge in [-0.2, -0.15) is 0 Å². The van der Waals surface area contributed by atoms with Crippen LogP contribution in [0.3, 0.4) is 0 Å². The van der Waals surface area contributed by atoms with E-state index in [1.807, 2.05) is 12.1 Å². The second kappa shape index (κ2) is 3.47. The zero-order chi connectivity index (χ0) is 13.0. The zero-order valence-corrected chi connectivity index (χ0v) is 10.5. The van der Waals surface area contributed by atoms with Crippen molar-refractivity contribution in [3.63, 3.8) is 0 Å². The SMILES string of the molecule is O=C1CC2(CCn3c(cc4ccccc43)C2)C(=O)N1. The quantitative estimate of drug-likeness (QED) is 0.726. The molecule has 2 aliphatic rings. The molecular formula is C15H14N2O2. The number of nitrogens with one attached hydrogen (secondary N) is 1. The van der Waals surface area contributed by atoms with Crippen molar-refractivity contribution in [3.05, 3.63) is 36.0 Å². The Balaban J connectivity index is 1.82. The van der Waals surface area contributed by atoms with E-state index in [4.69, 9.17) is 0 Å². The summed E-state index contributed by atoms with van der Waals surface area (Å²) in [5.74, 6) is -0.219. The van der Waals surface area contributed by atoms with E-state index in [1.165, 1.54) is 10.9 Å². The lowest BCUT2D eigenvalue weighted by atomic mass is 9.76. The first-order valence-electron chi connectivity index (χ1n) is 6.59. The van der Waals surface area contributed by atoms with E-state index in [1.54, 1.807) is 0 Å². The molecule has 1 unspecified atom stereocenters. The minimum Gasteiger partial charge on any atom is -0.345 e. The number of hydrogen-bond acceptors (Lipinski definition) is 2. The standard InChI is InChI=1S/C15H14N2O2/c18-13-9-15(14(19)16-13)5-6-17-11(8-15)7-10-3-1-2-4-12(10)17/h1-4,7H,5-6,8-9H2,(H,16,18,19). The first kappa shape index (κ1) is 10.8. The second-order valence-corrected chi connectivity index (χ2v) is 5.61. The number of rotatable bonds is 0. The van der Waals surface area contributed by atoms with Crippen LogP contribution >= 0.6 is 0 Å². The highest BCUT2D eigenvalue weighted by atomic mass is 16.2.